The number of unbranched alkanes of at least 4 members (excludes halogenated alkanes) is 1. The van der Waals surface area contributed by atoms with E-state index in [2.05, 4.69) is 11.9 Å². The molecule has 4 aromatic rings. The van der Waals surface area contributed by atoms with Crippen LogP contribution >= 0.6 is 22.9 Å². The van der Waals surface area contributed by atoms with Gasteiger partial charge in [-0.1, -0.05) is 61.3 Å². The number of benzene rings is 2. The molecule has 2 heterocycles. The van der Waals surface area contributed by atoms with Crippen molar-refractivity contribution >= 4 is 34.9 Å². The number of nitrogens with zero attached hydrogens (tertiary/aromatic N) is 2. The van der Waals surface area contributed by atoms with Crippen molar-refractivity contribution in [2.45, 2.75) is 38.8 Å². The third-order valence-electron chi connectivity index (χ3n) is 6.15. The smallest absolute Gasteiger partial charge is 0.336 e. The van der Waals surface area contributed by atoms with Crippen molar-refractivity contribution in [3.8, 4) is 10.4 Å². The van der Waals surface area contributed by atoms with Crippen molar-refractivity contribution in [3.05, 3.63) is 98.9 Å². The fourth-order valence-corrected chi connectivity index (χ4v) is 5.72. The zero-order chi connectivity index (χ0) is 26.5. The highest BCUT2D eigenvalue weighted by Crippen LogP contribution is 2.36. The Morgan fingerprint density at radius 3 is 2.38 bits per heavy atom. The van der Waals surface area contributed by atoms with Gasteiger partial charge < -0.3 is 19.5 Å². The summed E-state index contributed by atoms with van der Waals surface area (Å²) in [7, 11) is 1.52. The van der Waals surface area contributed by atoms with E-state index in [1.165, 1.54) is 18.4 Å². The minimum Gasteiger partial charge on any atom is -0.478 e. The summed E-state index contributed by atoms with van der Waals surface area (Å²) in [5.74, 6) is -1.24. The van der Waals surface area contributed by atoms with Gasteiger partial charge in [-0.2, -0.15) is 0 Å². The zero-order valence-electron chi connectivity index (χ0n) is 20.5. The molecule has 0 aliphatic carbocycles. The number of thiophene rings is 1. The van der Waals surface area contributed by atoms with Gasteiger partial charge >= 0.3 is 11.9 Å². The Morgan fingerprint density at radius 2 is 1.70 bits per heavy atom. The molecule has 4 rings (SSSR count). The number of imidazole rings is 1. The molecule has 0 spiro atoms. The van der Waals surface area contributed by atoms with Gasteiger partial charge in [0.25, 0.3) is 0 Å². The van der Waals surface area contributed by atoms with Gasteiger partial charge in [0.1, 0.15) is 11.9 Å². The Morgan fingerprint density at radius 1 is 1.03 bits per heavy atom. The Labute approximate surface area is 223 Å². The molecule has 0 radical (unpaired) electrons. The molecule has 2 aromatic heterocycles. The second kappa shape index (κ2) is 11.7. The van der Waals surface area contributed by atoms with E-state index in [-0.39, 0.29) is 16.3 Å². The van der Waals surface area contributed by atoms with Crippen LogP contribution in [0, 0.1) is 0 Å². The van der Waals surface area contributed by atoms with Crippen molar-refractivity contribution in [2.75, 3.05) is 7.11 Å². The molecule has 2 aromatic carbocycles. The van der Waals surface area contributed by atoms with E-state index < -0.39 is 18.0 Å². The SMILES string of the molecule is CCCCc1nc(Cl)c(C(OC)c2ccccc2C(=O)O)n1Cc1ccc(-c2ccccc2C(=O)O)s1. The highest BCUT2D eigenvalue weighted by Gasteiger charge is 2.28. The molecule has 0 amide bonds. The number of aromatic nitrogens is 2. The van der Waals surface area contributed by atoms with Crippen molar-refractivity contribution in [2.24, 2.45) is 0 Å². The van der Waals surface area contributed by atoms with Crippen LogP contribution in [-0.2, 0) is 17.7 Å². The Bertz CT molecular complexity index is 1430. The van der Waals surface area contributed by atoms with E-state index in [0.29, 0.717) is 29.8 Å². The number of halogens is 1. The minimum absolute atomic E-state index is 0.136. The molecule has 0 saturated carbocycles. The van der Waals surface area contributed by atoms with Crippen LogP contribution in [0.3, 0.4) is 0 Å². The lowest BCUT2D eigenvalue weighted by atomic mass is 10.00. The predicted molar refractivity (Wildman–Crippen MR) is 144 cm³/mol. The number of aryl methyl sites for hydroxylation is 1. The van der Waals surface area contributed by atoms with Crippen molar-refractivity contribution in [1.82, 2.24) is 9.55 Å². The van der Waals surface area contributed by atoms with E-state index in [1.807, 2.05) is 22.8 Å². The van der Waals surface area contributed by atoms with E-state index in [1.54, 1.807) is 42.5 Å². The first-order valence-corrected chi connectivity index (χ1v) is 13.1. The summed E-state index contributed by atoms with van der Waals surface area (Å²) in [4.78, 5) is 30.1. The highest BCUT2D eigenvalue weighted by atomic mass is 35.5. The molecule has 0 fully saturated rings. The van der Waals surface area contributed by atoms with Gasteiger partial charge in [0.2, 0.25) is 0 Å². The maximum Gasteiger partial charge on any atom is 0.336 e. The second-order valence-corrected chi connectivity index (χ2v) is 10.0. The summed E-state index contributed by atoms with van der Waals surface area (Å²) in [6, 6.07) is 17.5. The Balaban J connectivity index is 1.79. The van der Waals surface area contributed by atoms with Gasteiger partial charge in [-0.15, -0.1) is 11.3 Å². The summed E-state index contributed by atoms with van der Waals surface area (Å²) in [6.45, 7) is 2.53. The molecule has 1 atom stereocenters. The topological polar surface area (TPSA) is 102 Å². The number of carbonyl (C=O) groups is 2. The fraction of sp³-hybridized carbons (Fsp3) is 0.250. The lowest BCUT2D eigenvalue weighted by molar-refractivity contribution is 0.0680. The van der Waals surface area contributed by atoms with Gasteiger partial charge in [-0.25, -0.2) is 14.6 Å². The maximum atomic E-state index is 11.9. The van der Waals surface area contributed by atoms with E-state index in [9.17, 15) is 19.8 Å². The van der Waals surface area contributed by atoms with Gasteiger partial charge in [-0.05, 0) is 30.7 Å². The van der Waals surface area contributed by atoms with Crippen LogP contribution in [-0.4, -0.2) is 38.8 Å². The number of carboxylic acid groups (broad SMARTS) is 2. The number of aromatic carboxylic acids is 2. The van der Waals surface area contributed by atoms with Crippen LogP contribution in [0.4, 0.5) is 0 Å². The summed E-state index contributed by atoms with van der Waals surface area (Å²) in [5, 5.41) is 19.6. The first-order valence-electron chi connectivity index (χ1n) is 11.9. The van der Waals surface area contributed by atoms with Crippen LogP contribution in [0.5, 0.6) is 0 Å². The average molecular weight is 539 g/mol. The molecule has 7 nitrogen and oxygen atoms in total. The second-order valence-electron chi connectivity index (χ2n) is 8.52. The van der Waals surface area contributed by atoms with Crippen LogP contribution in [0.15, 0.2) is 60.7 Å². The average Bonchev–Trinajstić information content (AvgIpc) is 3.48. The molecule has 0 aliphatic heterocycles. The number of rotatable bonds is 11. The minimum atomic E-state index is -1.05. The molecule has 0 bridgehead atoms. The van der Waals surface area contributed by atoms with Crippen LogP contribution in [0.2, 0.25) is 5.15 Å². The number of methoxy groups -OCH3 is 1. The molecule has 0 saturated heterocycles. The van der Waals surface area contributed by atoms with Gasteiger partial charge in [0.05, 0.1) is 23.4 Å². The zero-order valence-corrected chi connectivity index (χ0v) is 22.1. The van der Waals surface area contributed by atoms with Gasteiger partial charge in [0, 0.05) is 34.4 Å². The normalized spacial score (nSPS) is 12.0. The van der Waals surface area contributed by atoms with Crippen LogP contribution in [0.25, 0.3) is 10.4 Å². The molecule has 1 unspecified atom stereocenters. The third kappa shape index (κ3) is 5.61. The molecule has 192 valence electrons. The molecule has 2 N–H and O–H groups in total. The quantitative estimate of drug-likeness (QED) is 0.218. The lowest BCUT2D eigenvalue weighted by Crippen LogP contribution is -2.16. The number of carboxylic acids is 2. The third-order valence-corrected chi connectivity index (χ3v) is 7.53. The van der Waals surface area contributed by atoms with Crippen molar-refractivity contribution in [3.63, 3.8) is 0 Å². The van der Waals surface area contributed by atoms with Crippen molar-refractivity contribution in [1.29, 1.82) is 0 Å². The summed E-state index contributed by atoms with van der Waals surface area (Å²) in [5.41, 5.74) is 2.12. The highest BCUT2D eigenvalue weighted by molar-refractivity contribution is 7.15. The standard InChI is InChI=1S/C28H27ClN2O5S/c1-3-4-13-23-30-26(29)24(25(36-2)19-10-6-8-12-21(19)28(34)35)31(23)16-17-14-15-22(37-17)18-9-5-7-11-20(18)27(32)33/h5-12,14-15,25H,3-4,13,16H2,1-2H3,(H,32,33)(H,34,35). The van der Waals surface area contributed by atoms with E-state index >= 15 is 0 Å². The summed E-state index contributed by atoms with van der Waals surface area (Å²) < 4.78 is 7.84. The number of hydrogen-bond donors (Lipinski definition) is 2. The maximum absolute atomic E-state index is 11.9. The summed E-state index contributed by atoms with van der Waals surface area (Å²) >= 11 is 8.18. The van der Waals surface area contributed by atoms with Gasteiger partial charge in [-0.3, -0.25) is 0 Å². The van der Waals surface area contributed by atoms with Gasteiger partial charge in [0.15, 0.2) is 5.15 Å². The van der Waals surface area contributed by atoms with Crippen LogP contribution < -0.4 is 0 Å². The lowest BCUT2D eigenvalue weighted by Gasteiger charge is -2.21. The van der Waals surface area contributed by atoms with Crippen LogP contribution in [0.1, 0.15) is 68.5 Å². The number of hydrogen-bond acceptors (Lipinski definition) is 5. The van der Waals surface area contributed by atoms with E-state index in [0.717, 1.165) is 28.4 Å². The Kier molecular flexibility index (Phi) is 8.43. The van der Waals surface area contributed by atoms with Crippen molar-refractivity contribution < 1.29 is 24.5 Å². The molecule has 37 heavy (non-hydrogen) atoms. The molecule has 9 heteroatoms. The Hall–Kier alpha value is -3.46. The first-order chi connectivity index (χ1) is 17.8. The molecular formula is C28H27ClN2O5S. The predicted octanol–water partition coefficient (Wildman–Crippen LogP) is 6.79. The first kappa shape index (κ1) is 26.6. The monoisotopic (exact) mass is 538 g/mol. The fourth-order valence-electron chi connectivity index (χ4n) is 4.39. The van der Waals surface area contributed by atoms with E-state index in [4.69, 9.17) is 16.3 Å². The summed E-state index contributed by atoms with van der Waals surface area (Å²) in [6.07, 6.45) is 1.85. The number of ether oxygens (including phenoxy) is 1. The molecule has 0 aliphatic rings. The molecular weight excluding hydrogens is 512 g/mol. The largest absolute Gasteiger partial charge is 0.478 e.